The van der Waals surface area contributed by atoms with E-state index in [1.807, 2.05) is 18.2 Å². The van der Waals surface area contributed by atoms with E-state index in [1.165, 1.54) is 12.1 Å². The van der Waals surface area contributed by atoms with Gasteiger partial charge in [0.05, 0.1) is 0 Å². The van der Waals surface area contributed by atoms with Crippen molar-refractivity contribution in [1.82, 2.24) is 4.90 Å². The van der Waals surface area contributed by atoms with Crippen LogP contribution in [0.2, 0.25) is 5.02 Å². The summed E-state index contributed by atoms with van der Waals surface area (Å²) in [6.45, 7) is 5.03. The normalized spacial score (nSPS) is 23.6. The molecule has 3 rings (SSSR count). The molecule has 0 aliphatic carbocycles. The molecule has 0 bridgehead atoms. The summed E-state index contributed by atoms with van der Waals surface area (Å²) in [5, 5.41) is 0.776. The van der Waals surface area contributed by atoms with Crippen molar-refractivity contribution >= 4 is 23.2 Å². The van der Waals surface area contributed by atoms with Crippen LogP contribution in [0, 0.1) is 5.92 Å². The number of amides is 1. The fraction of sp³-hybridized carbons (Fsp3) is 0.611. The lowest BCUT2D eigenvalue weighted by molar-refractivity contribution is -0.139. The molecule has 3 nitrogen and oxygen atoms in total. The Labute approximate surface area is 138 Å². The standard InChI is InChI=1S/C18H25ClN2O/c1-14-5-2-3-10-21(14)18(22)15-8-11-20(12-9-15)17-7-4-6-16(19)13-17/h4,6-7,13-15H,2-3,5,8-12H2,1H3. The average molecular weight is 321 g/mol. The van der Waals surface area contributed by atoms with Crippen molar-refractivity contribution in [3.63, 3.8) is 0 Å². The first-order valence-electron chi connectivity index (χ1n) is 8.46. The van der Waals surface area contributed by atoms with Gasteiger partial charge in [-0.3, -0.25) is 4.79 Å². The van der Waals surface area contributed by atoms with Gasteiger partial charge in [0.1, 0.15) is 0 Å². The van der Waals surface area contributed by atoms with E-state index in [9.17, 15) is 4.79 Å². The Balaban J connectivity index is 1.58. The predicted molar refractivity (Wildman–Crippen MR) is 91.4 cm³/mol. The zero-order valence-electron chi connectivity index (χ0n) is 13.3. The number of carbonyl (C=O) groups excluding carboxylic acids is 1. The van der Waals surface area contributed by atoms with Crippen LogP contribution in [-0.4, -0.2) is 36.5 Å². The third-order valence-corrected chi connectivity index (χ3v) is 5.34. The number of likely N-dealkylation sites (tertiary alicyclic amines) is 1. The van der Waals surface area contributed by atoms with Gasteiger partial charge in [0.15, 0.2) is 0 Å². The first kappa shape index (κ1) is 15.7. The van der Waals surface area contributed by atoms with Crippen LogP contribution in [0.15, 0.2) is 24.3 Å². The van der Waals surface area contributed by atoms with E-state index in [2.05, 4.69) is 22.8 Å². The molecule has 1 unspecified atom stereocenters. The van der Waals surface area contributed by atoms with Crippen molar-refractivity contribution in [3.05, 3.63) is 29.3 Å². The van der Waals surface area contributed by atoms with Crippen molar-refractivity contribution in [1.29, 1.82) is 0 Å². The first-order valence-corrected chi connectivity index (χ1v) is 8.84. The molecular formula is C18H25ClN2O. The zero-order valence-corrected chi connectivity index (χ0v) is 14.1. The van der Waals surface area contributed by atoms with Gasteiger partial charge in [0.2, 0.25) is 5.91 Å². The van der Waals surface area contributed by atoms with Crippen molar-refractivity contribution < 1.29 is 4.79 Å². The van der Waals surface area contributed by atoms with E-state index in [0.29, 0.717) is 11.9 Å². The highest BCUT2D eigenvalue weighted by molar-refractivity contribution is 6.30. The minimum absolute atomic E-state index is 0.205. The molecule has 2 aliphatic rings. The molecule has 1 amide bonds. The van der Waals surface area contributed by atoms with Crippen LogP contribution < -0.4 is 4.90 Å². The summed E-state index contributed by atoms with van der Waals surface area (Å²) in [5.41, 5.74) is 1.17. The number of hydrogen-bond acceptors (Lipinski definition) is 2. The van der Waals surface area contributed by atoms with Crippen molar-refractivity contribution in [3.8, 4) is 0 Å². The van der Waals surface area contributed by atoms with Gasteiger partial charge in [0, 0.05) is 42.3 Å². The van der Waals surface area contributed by atoms with E-state index in [0.717, 1.165) is 50.3 Å². The maximum Gasteiger partial charge on any atom is 0.226 e. The number of halogens is 1. The van der Waals surface area contributed by atoms with E-state index in [-0.39, 0.29) is 5.92 Å². The van der Waals surface area contributed by atoms with Crippen molar-refractivity contribution in [2.45, 2.75) is 45.1 Å². The number of nitrogens with zero attached hydrogens (tertiary/aromatic N) is 2. The lowest BCUT2D eigenvalue weighted by Gasteiger charge is -2.39. The smallest absolute Gasteiger partial charge is 0.226 e. The minimum atomic E-state index is 0.205. The average Bonchev–Trinajstić information content (AvgIpc) is 2.55. The van der Waals surface area contributed by atoms with Crippen LogP contribution in [0.4, 0.5) is 5.69 Å². The molecule has 0 radical (unpaired) electrons. The van der Waals surface area contributed by atoms with E-state index < -0.39 is 0 Å². The van der Waals surface area contributed by atoms with Crippen LogP contribution >= 0.6 is 11.6 Å². The van der Waals surface area contributed by atoms with Crippen molar-refractivity contribution in [2.24, 2.45) is 5.92 Å². The van der Waals surface area contributed by atoms with Crippen molar-refractivity contribution in [2.75, 3.05) is 24.5 Å². The maximum absolute atomic E-state index is 12.7. The predicted octanol–water partition coefficient (Wildman–Crippen LogP) is 3.96. The molecule has 4 heteroatoms. The molecule has 2 aliphatic heterocycles. The molecule has 22 heavy (non-hydrogen) atoms. The Morgan fingerprint density at radius 3 is 2.59 bits per heavy atom. The Morgan fingerprint density at radius 2 is 1.91 bits per heavy atom. The number of hydrogen-bond donors (Lipinski definition) is 0. The summed E-state index contributed by atoms with van der Waals surface area (Å²) in [5.74, 6) is 0.592. The van der Waals surface area contributed by atoms with Crippen LogP contribution in [0.3, 0.4) is 0 Å². The molecular weight excluding hydrogens is 296 g/mol. The van der Waals surface area contributed by atoms with Gasteiger partial charge < -0.3 is 9.80 Å². The SMILES string of the molecule is CC1CCCCN1C(=O)C1CCN(c2cccc(Cl)c2)CC1. The second kappa shape index (κ2) is 6.91. The highest BCUT2D eigenvalue weighted by atomic mass is 35.5. The van der Waals surface area contributed by atoms with Gasteiger partial charge in [-0.1, -0.05) is 17.7 Å². The quantitative estimate of drug-likeness (QED) is 0.823. The maximum atomic E-state index is 12.7. The Morgan fingerprint density at radius 1 is 1.14 bits per heavy atom. The lowest BCUT2D eigenvalue weighted by atomic mass is 9.92. The first-order chi connectivity index (χ1) is 10.6. The molecule has 2 fully saturated rings. The summed E-state index contributed by atoms with van der Waals surface area (Å²) in [6.07, 6.45) is 5.49. The Hall–Kier alpha value is -1.22. The number of rotatable bonds is 2. The van der Waals surface area contributed by atoms with E-state index >= 15 is 0 Å². The number of benzene rings is 1. The van der Waals surface area contributed by atoms with E-state index in [1.54, 1.807) is 0 Å². The summed E-state index contributed by atoms with van der Waals surface area (Å²) in [4.78, 5) is 17.2. The summed E-state index contributed by atoms with van der Waals surface area (Å²) < 4.78 is 0. The van der Waals surface area contributed by atoms with Crippen LogP contribution in [0.25, 0.3) is 0 Å². The minimum Gasteiger partial charge on any atom is -0.371 e. The van der Waals surface area contributed by atoms with E-state index in [4.69, 9.17) is 11.6 Å². The van der Waals surface area contributed by atoms with Crippen LogP contribution in [0.1, 0.15) is 39.0 Å². The second-order valence-electron chi connectivity index (χ2n) is 6.62. The summed E-state index contributed by atoms with van der Waals surface area (Å²) in [7, 11) is 0. The summed E-state index contributed by atoms with van der Waals surface area (Å²) >= 11 is 6.07. The number of anilines is 1. The number of carbonyl (C=O) groups is 1. The number of piperidine rings is 2. The second-order valence-corrected chi connectivity index (χ2v) is 7.05. The fourth-order valence-electron chi connectivity index (χ4n) is 3.72. The molecule has 0 spiro atoms. The Bertz CT molecular complexity index is 526. The zero-order chi connectivity index (χ0) is 15.5. The lowest BCUT2D eigenvalue weighted by Crippen LogP contribution is -2.47. The van der Waals surface area contributed by atoms with Gasteiger partial charge in [-0.2, -0.15) is 0 Å². The Kier molecular flexibility index (Phi) is 4.92. The third kappa shape index (κ3) is 3.40. The topological polar surface area (TPSA) is 23.6 Å². The highest BCUT2D eigenvalue weighted by Gasteiger charge is 2.31. The van der Waals surface area contributed by atoms with Gasteiger partial charge in [-0.25, -0.2) is 0 Å². The highest BCUT2D eigenvalue weighted by Crippen LogP contribution is 2.28. The van der Waals surface area contributed by atoms with Gasteiger partial charge >= 0.3 is 0 Å². The monoisotopic (exact) mass is 320 g/mol. The van der Waals surface area contributed by atoms with Crippen LogP contribution in [-0.2, 0) is 4.79 Å². The molecule has 1 atom stereocenters. The van der Waals surface area contributed by atoms with Crippen LogP contribution in [0.5, 0.6) is 0 Å². The molecule has 2 heterocycles. The molecule has 0 saturated carbocycles. The molecule has 2 saturated heterocycles. The molecule has 1 aromatic carbocycles. The molecule has 120 valence electrons. The summed E-state index contributed by atoms with van der Waals surface area (Å²) in [6, 6.07) is 8.42. The van der Waals surface area contributed by atoms with Gasteiger partial charge in [-0.05, 0) is 57.2 Å². The third-order valence-electron chi connectivity index (χ3n) is 5.10. The van der Waals surface area contributed by atoms with Gasteiger partial charge in [0.25, 0.3) is 0 Å². The largest absolute Gasteiger partial charge is 0.371 e. The molecule has 0 N–H and O–H groups in total. The molecule has 1 aromatic rings. The van der Waals surface area contributed by atoms with Gasteiger partial charge in [-0.15, -0.1) is 0 Å². The molecule has 0 aromatic heterocycles. The fourth-order valence-corrected chi connectivity index (χ4v) is 3.90.